The fourth-order valence-electron chi connectivity index (χ4n) is 4.03. The summed E-state index contributed by atoms with van der Waals surface area (Å²) in [6, 6.07) is 2.28. The van der Waals surface area contributed by atoms with Crippen molar-refractivity contribution in [2.75, 3.05) is 19.6 Å². The molecule has 152 valence electrons. The Balaban J connectivity index is 1.40. The highest BCUT2D eigenvalue weighted by atomic mass is 19.1. The van der Waals surface area contributed by atoms with Crippen molar-refractivity contribution >= 4 is 12.2 Å². The molecular weight excluding hydrogens is 383 g/mol. The average molecular weight is 403 g/mol. The van der Waals surface area contributed by atoms with Crippen molar-refractivity contribution in [3.63, 3.8) is 0 Å². The van der Waals surface area contributed by atoms with E-state index in [4.69, 9.17) is 5.26 Å². The second-order valence-corrected chi connectivity index (χ2v) is 7.53. The summed E-state index contributed by atoms with van der Waals surface area (Å²) in [5, 5.41) is 14.3. The zero-order valence-corrected chi connectivity index (χ0v) is 15.6. The van der Waals surface area contributed by atoms with E-state index in [2.05, 4.69) is 5.10 Å². The maximum absolute atomic E-state index is 14.3. The normalized spacial score (nSPS) is 26.3. The van der Waals surface area contributed by atoms with E-state index in [-0.39, 0.29) is 11.9 Å². The van der Waals surface area contributed by atoms with Crippen LogP contribution in [0.2, 0.25) is 0 Å². The second kappa shape index (κ2) is 7.78. The number of likely N-dealkylation sites (tertiary alicyclic amines) is 2. The van der Waals surface area contributed by atoms with Gasteiger partial charge in [0.1, 0.15) is 11.6 Å². The molecule has 0 spiro atoms. The van der Waals surface area contributed by atoms with Crippen molar-refractivity contribution in [2.45, 2.75) is 31.6 Å². The third kappa shape index (κ3) is 3.79. The molecule has 0 bridgehead atoms. The Morgan fingerprint density at radius 2 is 1.97 bits per heavy atom. The quantitative estimate of drug-likeness (QED) is 0.431. The summed E-state index contributed by atoms with van der Waals surface area (Å²) in [6.45, 7) is 1.13. The third-order valence-electron chi connectivity index (χ3n) is 5.52. The lowest BCUT2D eigenvalue weighted by molar-refractivity contribution is 0.0602. The number of nitriles is 1. The molecule has 2 unspecified atom stereocenters. The molecule has 1 aromatic rings. The SMILES string of the molecule is N#CN1CCC[C@@H](C=C2CN(C(=O)N3N=CCC3c3cc(F)cc(F)c3)C2)C1F. The van der Waals surface area contributed by atoms with Crippen LogP contribution in [-0.4, -0.2) is 53.0 Å². The molecule has 0 radical (unpaired) electrons. The van der Waals surface area contributed by atoms with E-state index in [1.165, 1.54) is 17.1 Å². The maximum Gasteiger partial charge on any atom is 0.341 e. The van der Waals surface area contributed by atoms with Crippen LogP contribution in [0.1, 0.15) is 30.9 Å². The lowest BCUT2D eigenvalue weighted by Gasteiger charge is -2.39. The molecule has 29 heavy (non-hydrogen) atoms. The van der Waals surface area contributed by atoms with Gasteiger partial charge in [-0.05, 0) is 36.1 Å². The molecule has 0 saturated carbocycles. The van der Waals surface area contributed by atoms with Gasteiger partial charge in [-0.3, -0.25) is 4.90 Å². The Bertz CT molecular complexity index is 884. The van der Waals surface area contributed by atoms with E-state index in [1.807, 2.05) is 12.3 Å². The maximum atomic E-state index is 14.3. The minimum Gasteiger partial charge on any atom is -0.315 e. The largest absolute Gasteiger partial charge is 0.341 e. The molecule has 3 heterocycles. The van der Waals surface area contributed by atoms with Gasteiger partial charge in [-0.1, -0.05) is 6.08 Å². The number of carbonyl (C=O) groups is 1. The number of benzene rings is 1. The van der Waals surface area contributed by atoms with Crippen molar-refractivity contribution in [2.24, 2.45) is 11.0 Å². The molecule has 1 aromatic carbocycles. The van der Waals surface area contributed by atoms with Crippen LogP contribution in [0.15, 0.2) is 34.9 Å². The first-order valence-electron chi connectivity index (χ1n) is 9.53. The Hall–Kier alpha value is -3.02. The van der Waals surface area contributed by atoms with Crippen LogP contribution in [0, 0.1) is 29.0 Å². The molecule has 3 atom stereocenters. The molecule has 3 aliphatic heterocycles. The van der Waals surface area contributed by atoms with Crippen molar-refractivity contribution < 1.29 is 18.0 Å². The molecular formula is C20H20F3N5O. The standard InChI is InChI=1S/C20H20F3N5O/c21-16-7-15(8-17(22)9-16)18-3-4-25-28(18)20(29)27-10-13(11-27)6-14-2-1-5-26(12-24)19(14)23/h4,6-9,14,18-19H,1-3,5,10-11H2/t14-,18?,19?/m0/s1. The van der Waals surface area contributed by atoms with Gasteiger partial charge in [0.2, 0.25) is 0 Å². The van der Waals surface area contributed by atoms with Gasteiger partial charge in [-0.25, -0.2) is 23.0 Å². The van der Waals surface area contributed by atoms with Crippen LogP contribution in [0.4, 0.5) is 18.0 Å². The highest BCUT2D eigenvalue weighted by Gasteiger charge is 2.37. The van der Waals surface area contributed by atoms with Crippen LogP contribution in [0.5, 0.6) is 0 Å². The van der Waals surface area contributed by atoms with Crippen molar-refractivity contribution in [3.8, 4) is 6.19 Å². The zero-order chi connectivity index (χ0) is 20.5. The van der Waals surface area contributed by atoms with Gasteiger partial charge in [0.05, 0.1) is 6.04 Å². The minimum absolute atomic E-state index is 0.351. The number of amides is 2. The molecule has 6 nitrogen and oxygen atoms in total. The lowest BCUT2D eigenvalue weighted by atomic mass is 9.92. The van der Waals surface area contributed by atoms with E-state index >= 15 is 0 Å². The smallest absolute Gasteiger partial charge is 0.315 e. The van der Waals surface area contributed by atoms with Gasteiger partial charge in [0.15, 0.2) is 12.5 Å². The first-order valence-corrected chi connectivity index (χ1v) is 9.53. The Morgan fingerprint density at radius 1 is 1.24 bits per heavy atom. The summed E-state index contributed by atoms with van der Waals surface area (Å²) in [5.74, 6) is -1.76. The van der Waals surface area contributed by atoms with E-state index in [1.54, 1.807) is 11.1 Å². The number of carbonyl (C=O) groups excluding carboxylic acids is 1. The Morgan fingerprint density at radius 3 is 2.66 bits per heavy atom. The number of nitrogens with zero attached hydrogens (tertiary/aromatic N) is 5. The highest BCUT2D eigenvalue weighted by Crippen LogP contribution is 2.33. The molecule has 2 saturated heterocycles. The fourth-order valence-corrected chi connectivity index (χ4v) is 4.03. The van der Waals surface area contributed by atoms with Crippen molar-refractivity contribution in [3.05, 3.63) is 47.0 Å². The van der Waals surface area contributed by atoms with Crippen LogP contribution < -0.4 is 0 Å². The summed E-state index contributed by atoms with van der Waals surface area (Å²) in [4.78, 5) is 15.5. The van der Waals surface area contributed by atoms with Crippen LogP contribution in [0.3, 0.4) is 0 Å². The van der Waals surface area contributed by atoms with Crippen LogP contribution in [-0.2, 0) is 0 Å². The van der Waals surface area contributed by atoms with Gasteiger partial charge in [-0.2, -0.15) is 10.4 Å². The number of halogens is 3. The number of rotatable bonds is 2. The summed E-state index contributed by atoms with van der Waals surface area (Å²) in [5.41, 5.74) is 1.28. The molecule has 0 aliphatic carbocycles. The van der Waals surface area contributed by atoms with Gasteiger partial charge < -0.3 is 4.90 Å². The Kier molecular flexibility index (Phi) is 5.18. The second-order valence-electron chi connectivity index (χ2n) is 7.53. The number of hydrogen-bond donors (Lipinski definition) is 0. The van der Waals surface area contributed by atoms with Gasteiger partial charge in [-0.15, -0.1) is 0 Å². The molecule has 2 amide bonds. The van der Waals surface area contributed by atoms with E-state index in [9.17, 15) is 18.0 Å². The van der Waals surface area contributed by atoms with Crippen molar-refractivity contribution in [1.82, 2.24) is 14.8 Å². The molecule has 4 rings (SSSR count). The van der Waals surface area contributed by atoms with Gasteiger partial charge in [0.25, 0.3) is 0 Å². The zero-order valence-electron chi connectivity index (χ0n) is 15.6. The van der Waals surface area contributed by atoms with E-state index in [0.717, 1.165) is 23.0 Å². The van der Waals surface area contributed by atoms with E-state index < -0.39 is 24.0 Å². The minimum atomic E-state index is -1.33. The lowest BCUT2D eigenvalue weighted by Crippen LogP contribution is -2.50. The topological polar surface area (TPSA) is 62.9 Å². The molecule has 9 heteroatoms. The van der Waals surface area contributed by atoms with Gasteiger partial charge in [0, 0.05) is 44.3 Å². The van der Waals surface area contributed by atoms with E-state index in [0.29, 0.717) is 38.0 Å². The third-order valence-corrected chi connectivity index (χ3v) is 5.52. The molecule has 2 fully saturated rings. The average Bonchev–Trinajstić information content (AvgIpc) is 3.14. The number of hydrogen-bond acceptors (Lipinski definition) is 4. The first-order chi connectivity index (χ1) is 14.0. The fraction of sp³-hybridized carbons (Fsp3) is 0.450. The number of piperidine rings is 1. The summed E-state index contributed by atoms with van der Waals surface area (Å²) < 4.78 is 41.4. The summed E-state index contributed by atoms with van der Waals surface area (Å²) in [7, 11) is 0. The van der Waals surface area contributed by atoms with Crippen LogP contribution in [0.25, 0.3) is 0 Å². The summed E-state index contributed by atoms with van der Waals surface area (Å²) in [6.07, 6.45) is 5.71. The predicted molar refractivity (Wildman–Crippen MR) is 99.0 cm³/mol. The number of urea groups is 1. The Labute approximate surface area is 166 Å². The number of hydrazone groups is 1. The molecule has 0 aromatic heterocycles. The van der Waals surface area contributed by atoms with Crippen LogP contribution >= 0.6 is 0 Å². The summed E-state index contributed by atoms with van der Waals surface area (Å²) >= 11 is 0. The number of alkyl halides is 1. The predicted octanol–water partition coefficient (Wildman–Crippen LogP) is 3.55. The molecule has 3 aliphatic rings. The van der Waals surface area contributed by atoms with Gasteiger partial charge >= 0.3 is 6.03 Å². The first kappa shape index (κ1) is 19.3. The molecule has 0 N–H and O–H groups in total. The monoisotopic (exact) mass is 403 g/mol. The highest BCUT2D eigenvalue weighted by molar-refractivity contribution is 5.80. The van der Waals surface area contributed by atoms with Crippen molar-refractivity contribution in [1.29, 1.82) is 5.26 Å².